The van der Waals surface area contributed by atoms with Gasteiger partial charge in [-0.2, -0.15) is 0 Å². The molecule has 0 amide bonds. The molecule has 0 saturated heterocycles. The minimum Gasteiger partial charge on any atom is -0.390 e. The van der Waals surface area contributed by atoms with Crippen molar-refractivity contribution in [1.82, 2.24) is 14.5 Å². The standard InChI is InChI=1S/C11H20N4O5/c1-13(8-10(19-2)20-3)6-9(16)7-14-5-4-12-11(14)15(17)18/h4-5,9-10,16H,6-8H2,1-3H3. The SMILES string of the molecule is COC(CN(C)CC(O)Cn1ccnc1[N+](=O)[O-])OC. The molecule has 0 bridgehead atoms. The first-order chi connectivity index (χ1) is 9.47. The quantitative estimate of drug-likeness (QED) is 0.378. The number of hydrogen-bond donors (Lipinski definition) is 1. The molecule has 20 heavy (non-hydrogen) atoms. The average molecular weight is 288 g/mol. The van der Waals surface area contributed by atoms with Crippen LogP contribution in [0.25, 0.3) is 0 Å². The van der Waals surface area contributed by atoms with E-state index >= 15 is 0 Å². The number of aliphatic hydroxyl groups excluding tert-OH is 1. The highest BCUT2D eigenvalue weighted by molar-refractivity contribution is 5.06. The van der Waals surface area contributed by atoms with Crippen molar-refractivity contribution in [3.63, 3.8) is 0 Å². The first-order valence-corrected chi connectivity index (χ1v) is 6.05. The fourth-order valence-electron chi connectivity index (χ4n) is 1.83. The van der Waals surface area contributed by atoms with E-state index in [1.165, 1.54) is 31.2 Å². The van der Waals surface area contributed by atoms with Crippen LogP contribution < -0.4 is 0 Å². The van der Waals surface area contributed by atoms with E-state index < -0.39 is 11.0 Å². The first-order valence-electron chi connectivity index (χ1n) is 6.05. The summed E-state index contributed by atoms with van der Waals surface area (Å²) in [5, 5.41) is 20.7. The van der Waals surface area contributed by atoms with Crippen molar-refractivity contribution in [2.24, 2.45) is 0 Å². The number of nitrogens with zero attached hydrogens (tertiary/aromatic N) is 4. The monoisotopic (exact) mass is 288 g/mol. The Morgan fingerprint density at radius 1 is 1.50 bits per heavy atom. The molecule has 0 aliphatic heterocycles. The zero-order valence-electron chi connectivity index (χ0n) is 11.8. The number of rotatable bonds is 9. The number of ether oxygens (including phenoxy) is 2. The third-order valence-corrected chi connectivity index (χ3v) is 2.77. The van der Waals surface area contributed by atoms with Crippen LogP contribution in [0.3, 0.4) is 0 Å². The summed E-state index contributed by atoms with van der Waals surface area (Å²) in [7, 11) is 4.87. The molecule has 1 aromatic heterocycles. The van der Waals surface area contributed by atoms with Gasteiger partial charge in [-0.25, -0.2) is 4.57 Å². The number of aliphatic hydroxyl groups is 1. The van der Waals surface area contributed by atoms with Crippen LogP contribution in [0.15, 0.2) is 12.4 Å². The van der Waals surface area contributed by atoms with Gasteiger partial charge < -0.3 is 24.7 Å². The van der Waals surface area contributed by atoms with Gasteiger partial charge in [0.2, 0.25) is 0 Å². The Morgan fingerprint density at radius 3 is 2.70 bits per heavy atom. The van der Waals surface area contributed by atoms with Crippen molar-refractivity contribution in [2.75, 3.05) is 34.4 Å². The Balaban J connectivity index is 2.48. The lowest BCUT2D eigenvalue weighted by atomic mass is 10.3. The summed E-state index contributed by atoms with van der Waals surface area (Å²) < 4.78 is 11.4. The van der Waals surface area contributed by atoms with Crippen molar-refractivity contribution in [3.8, 4) is 0 Å². The maximum Gasteiger partial charge on any atom is 0.434 e. The average Bonchev–Trinajstić information content (AvgIpc) is 2.83. The lowest BCUT2D eigenvalue weighted by Crippen LogP contribution is -2.38. The molecule has 0 aromatic carbocycles. The minimum atomic E-state index is -0.762. The predicted octanol–water partition coefficient (Wildman–Crippen LogP) is -0.297. The minimum absolute atomic E-state index is 0.102. The predicted molar refractivity (Wildman–Crippen MR) is 70.2 cm³/mol. The van der Waals surface area contributed by atoms with Gasteiger partial charge >= 0.3 is 5.95 Å². The second kappa shape index (κ2) is 7.90. The molecule has 0 saturated carbocycles. The fourth-order valence-corrected chi connectivity index (χ4v) is 1.83. The van der Waals surface area contributed by atoms with Crippen molar-refractivity contribution in [3.05, 3.63) is 22.5 Å². The molecule has 0 aliphatic carbocycles. The number of hydrogen-bond acceptors (Lipinski definition) is 7. The van der Waals surface area contributed by atoms with Crippen molar-refractivity contribution < 1.29 is 19.5 Å². The van der Waals surface area contributed by atoms with Crippen LogP contribution in [0.1, 0.15) is 0 Å². The second-order valence-corrected chi connectivity index (χ2v) is 4.41. The van der Waals surface area contributed by atoms with E-state index in [4.69, 9.17) is 9.47 Å². The molecule has 1 rings (SSSR count). The summed E-state index contributed by atoms with van der Waals surface area (Å²) in [6, 6.07) is 0. The highest BCUT2D eigenvalue weighted by atomic mass is 16.7. The maximum absolute atomic E-state index is 10.7. The number of aromatic nitrogens is 2. The molecule has 1 atom stereocenters. The van der Waals surface area contributed by atoms with Crippen LogP contribution in [0.2, 0.25) is 0 Å². The van der Waals surface area contributed by atoms with E-state index in [-0.39, 0.29) is 18.8 Å². The molecule has 9 nitrogen and oxygen atoms in total. The molecule has 0 radical (unpaired) electrons. The molecule has 9 heteroatoms. The van der Waals surface area contributed by atoms with Gasteiger partial charge in [0, 0.05) is 27.3 Å². The zero-order valence-corrected chi connectivity index (χ0v) is 11.8. The number of nitro groups is 1. The van der Waals surface area contributed by atoms with E-state index in [1.54, 1.807) is 7.05 Å². The van der Waals surface area contributed by atoms with Crippen LogP contribution in [0.4, 0.5) is 5.95 Å². The fraction of sp³-hybridized carbons (Fsp3) is 0.727. The topological polar surface area (TPSA) is 103 Å². The summed E-state index contributed by atoms with van der Waals surface area (Å²) in [5.41, 5.74) is 0. The van der Waals surface area contributed by atoms with E-state index in [1.807, 2.05) is 4.90 Å². The number of likely N-dealkylation sites (N-methyl/N-ethyl adjacent to an activating group) is 1. The Labute approximate surface area is 116 Å². The second-order valence-electron chi connectivity index (χ2n) is 4.41. The Kier molecular flexibility index (Phi) is 6.52. The van der Waals surface area contributed by atoms with E-state index in [2.05, 4.69) is 4.98 Å². The van der Waals surface area contributed by atoms with Crippen molar-refractivity contribution in [1.29, 1.82) is 0 Å². The number of methoxy groups -OCH3 is 2. The van der Waals surface area contributed by atoms with Crippen LogP contribution in [0.5, 0.6) is 0 Å². The Bertz CT molecular complexity index is 421. The van der Waals surface area contributed by atoms with E-state index in [0.29, 0.717) is 13.1 Å². The molecule has 1 unspecified atom stereocenters. The molecule has 0 spiro atoms. The van der Waals surface area contributed by atoms with Gasteiger partial charge in [0.15, 0.2) is 6.29 Å². The summed E-state index contributed by atoms with van der Waals surface area (Å²) >= 11 is 0. The first kappa shape index (κ1) is 16.5. The van der Waals surface area contributed by atoms with Gasteiger partial charge in [-0.1, -0.05) is 4.98 Å². The molecule has 0 aliphatic rings. The third-order valence-electron chi connectivity index (χ3n) is 2.77. The largest absolute Gasteiger partial charge is 0.434 e. The van der Waals surface area contributed by atoms with Crippen LogP contribution >= 0.6 is 0 Å². The van der Waals surface area contributed by atoms with Gasteiger partial charge in [0.1, 0.15) is 12.4 Å². The van der Waals surface area contributed by atoms with Crippen LogP contribution in [0, 0.1) is 10.1 Å². The van der Waals surface area contributed by atoms with E-state index in [0.717, 1.165) is 0 Å². The summed E-state index contributed by atoms with van der Waals surface area (Å²) in [5.74, 6) is -0.279. The highest BCUT2D eigenvalue weighted by Crippen LogP contribution is 2.08. The van der Waals surface area contributed by atoms with Gasteiger partial charge in [0.05, 0.1) is 12.6 Å². The van der Waals surface area contributed by atoms with E-state index in [9.17, 15) is 15.2 Å². The number of imidazole rings is 1. The molecule has 1 N–H and O–H groups in total. The lowest BCUT2D eigenvalue weighted by Gasteiger charge is -2.23. The molecular weight excluding hydrogens is 268 g/mol. The van der Waals surface area contributed by atoms with Gasteiger partial charge in [-0.3, -0.25) is 4.90 Å². The van der Waals surface area contributed by atoms with Crippen molar-refractivity contribution >= 4 is 5.95 Å². The maximum atomic E-state index is 10.7. The van der Waals surface area contributed by atoms with Crippen LogP contribution in [-0.4, -0.2) is 71.2 Å². The summed E-state index contributed by atoms with van der Waals surface area (Å²) in [6.07, 6.45) is 1.66. The lowest BCUT2D eigenvalue weighted by molar-refractivity contribution is -0.397. The molecular formula is C11H20N4O5. The molecule has 1 aromatic rings. The highest BCUT2D eigenvalue weighted by Gasteiger charge is 2.19. The Hall–Kier alpha value is -1.55. The summed E-state index contributed by atoms with van der Waals surface area (Å²) in [4.78, 5) is 15.6. The van der Waals surface area contributed by atoms with Gasteiger partial charge in [0.25, 0.3) is 0 Å². The zero-order chi connectivity index (χ0) is 15.1. The van der Waals surface area contributed by atoms with Gasteiger partial charge in [-0.15, -0.1) is 0 Å². The summed E-state index contributed by atoms with van der Waals surface area (Å²) in [6.45, 7) is 0.917. The normalized spacial score (nSPS) is 13.1. The molecule has 1 heterocycles. The smallest absolute Gasteiger partial charge is 0.390 e. The Morgan fingerprint density at radius 2 is 2.15 bits per heavy atom. The van der Waals surface area contributed by atoms with Crippen molar-refractivity contribution in [2.45, 2.75) is 18.9 Å². The molecule has 0 fully saturated rings. The third kappa shape index (κ3) is 4.85. The molecule has 114 valence electrons. The van der Waals surface area contributed by atoms with Gasteiger partial charge in [-0.05, 0) is 12.0 Å². The van der Waals surface area contributed by atoms with Crippen LogP contribution in [-0.2, 0) is 16.0 Å².